The minimum atomic E-state index is -3.20. The fourth-order valence-corrected chi connectivity index (χ4v) is 1.94. The van der Waals surface area contributed by atoms with Crippen LogP contribution in [-0.2, 0) is 16.4 Å². The zero-order valence-electron chi connectivity index (χ0n) is 8.73. The molecule has 0 amide bonds. The molecule has 1 rings (SSSR count). The lowest BCUT2D eigenvalue weighted by molar-refractivity contribution is 0.140. The number of anilines is 1. The number of hydrogen-bond donors (Lipinski definition) is 1. The van der Waals surface area contributed by atoms with Crippen LogP contribution < -0.4 is 5.73 Å². The van der Waals surface area contributed by atoms with Crippen LogP contribution in [0.3, 0.4) is 0 Å². The van der Waals surface area contributed by atoms with Crippen molar-refractivity contribution in [3.63, 3.8) is 0 Å². The van der Waals surface area contributed by atoms with Crippen LogP contribution in [0.4, 0.5) is 14.5 Å². The van der Waals surface area contributed by atoms with Crippen molar-refractivity contribution in [1.29, 1.82) is 0 Å². The van der Waals surface area contributed by atoms with Crippen molar-refractivity contribution in [2.45, 2.75) is 19.9 Å². The number of nitrogens with two attached hydrogens (primary N) is 1. The molecule has 0 radical (unpaired) electrons. The number of alkyl halides is 2. The summed E-state index contributed by atoms with van der Waals surface area (Å²) in [6.07, 6.45) is -1.66. The molecule has 2 N–H and O–H groups in total. The van der Waals surface area contributed by atoms with Gasteiger partial charge in [0.2, 0.25) is 0 Å². The summed E-state index contributed by atoms with van der Waals surface area (Å²) in [5, 5.41) is 3.62. The number of rotatable bonds is 5. The lowest BCUT2D eigenvalue weighted by Crippen LogP contribution is -2.17. The first-order valence-corrected chi connectivity index (χ1v) is 6.49. The second-order valence-electron chi connectivity index (χ2n) is 3.25. The molecule has 0 atom stereocenters. The molecule has 0 unspecified atom stereocenters. The smallest absolute Gasteiger partial charge is 0.282 e. The van der Waals surface area contributed by atoms with Crippen molar-refractivity contribution in [1.82, 2.24) is 9.78 Å². The van der Waals surface area contributed by atoms with E-state index in [0.29, 0.717) is 0 Å². The van der Waals surface area contributed by atoms with Gasteiger partial charge < -0.3 is 5.73 Å². The van der Waals surface area contributed by atoms with Crippen molar-refractivity contribution < 1.29 is 17.2 Å². The number of nitrogens with zero attached hydrogens (tertiary/aromatic N) is 2. The fourth-order valence-electron chi connectivity index (χ4n) is 1.20. The third-order valence-corrected chi connectivity index (χ3v) is 3.85. The van der Waals surface area contributed by atoms with Crippen molar-refractivity contribution in [3.05, 3.63) is 11.9 Å². The van der Waals surface area contributed by atoms with E-state index < -0.39 is 22.0 Å². The Morgan fingerprint density at radius 3 is 2.69 bits per heavy atom. The van der Waals surface area contributed by atoms with Crippen LogP contribution in [0.15, 0.2) is 6.20 Å². The number of nitrogen functional groups attached to an aromatic ring is 1. The molecule has 0 fully saturated rings. The molecule has 16 heavy (non-hydrogen) atoms. The van der Waals surface area contributed by atoms with Crippen LogP contribution in [0.25, 0.3) is 0 Å². The average Bonchev–Trinajstić information content (AvgIpc) is 2.57. The first kappa shape index (κ1) is 12.9. The van der Waals surface area contributed by atoms with Gasteiger partial charge in [0.15, 0.2) is 9.84 Å². The highest BCUT2D eigenvalue weighted by atomic mass is 32.2. The molecule has 0 aliphatic heterocycles. The fraction of sp³-hybridized carbons (Fsp3) is 0.625. The molecule has 0 saturated carbocycles. The van der Waals surface area contributed by atoms with E-state index in [9.17, 15) is 17.2 Å². The van der Waals surface area contributed by atoms with Crippen LogP contribution in [0.1, 0.15) is 19.0 Å². The summed E-state index contributed by atoms with van der Waals surface area (Å²) >= 11 is 0. The largest absolute Gasteiger partial charge is 0.396 e. The van der Waals surface area contributed by atoms with Crippen LogP contribution in [-0.4, -0.2) is 29.7 Å². The summed E-state index contributed by atoms with van der Waals surface area (Å²) in [5.74, 6) is -0.238. The highest BCUT2D eigenvalue weighted by molar-refractivity contribution is 7.91. The Balaban J connectivity index is 2.83. The second kappa shape index (κ2) is 4.77. The number of sulfone groups is 1. The standard InChI is InChI=1S/C8H13F2N3O2S/c1-2-16(14,15)4-3-13-7(8(9)10)6(11)5-12-13/h5,8H,2-4,11H2,1H3. The van der Waals surface area contributed by atoms with Crippen LogP contribution >= 0.6 is 0 Å². The summed E-state index contributed by atoms with van der Waals surface area (Å²) in [6.45, 7) is 1.40. The van der Waals surface area contributed by atoms with Gasteiger partial charge in [-0.05, 0) is 0 Å². The normalized spacial score (nSPS) is 12.2. The summed E-state index contributed by atoms with van der Waals surface area (Å²) in [7, 11) is -3.20. The van der Waals surface area contributed by atoms with E-state index in [2.05, 4.69) is 5.10 Å². The van der Waals surface area contributed by atoms with Gasteiger partial charge in [-0.3, -0.25) is 4.68 Å². The minimum absolute atomic E-state index is 0.0201. The Kier molecular flexibility index (Phi) is 3.84. The first-order chi connectivity index (χ1) is 7.37. The Labute approximate surface area is 92.2 Å². The van der Waals surface area contributed by atoms with Gasteiger partial charge in [0.05, 0.1) is 24.2 Å². The van der Waals surface area contributed by atoms with Crippen molar-refractivity contribution in [3.8, 4) is 0 Å². The van der Waals surface area contributed by atoms with E-state index in [-0.39, 0.29) is 23.7 Å². The minimum Gasteiger partial charge on any atom is -0.396 e. The van der Waals surface area contributed by atoms with Crippen LogP contribution in [0, 0.1) is 0 Å². The topological polar surface area (TPSA) is 78.0 Å². The van der Waals surface area contributed by atoms with Crippen molar-refractivity contribution >= 4 is 15.5 Å². The van der Waals surface area contributed by atoms with Crippen LogP contribution in [0.2, 0.25) is 0 Å². The Morgan fingerprint density at radius 2 is 2.19 bits per heavy atom. The number of hydrogen-bond acceptors (Lipinski definition) is 4. The van der Waals surface area contributed by atoms with E-state index >= 15 is 0 Å². The predicted molar refractivity (Wildman–Crippen MR) is 55.9 cm³/mol. The average molecular weight is 253 g/mol. The van der Waals surface area contributed by atoms with Gasteiger partial charge in [-0.1, -0.05) is 6.92 Å². The molecule has 0 aromatic carbocycles. The molecule has 1 heterocycles. The van der Waals surface area contributed by atoms with E-state index in [4.69, 9.17) is 5.73 Å². The van der Waals surface area contributed by atoms with Gasteiger partial charge in [-0.15, -0.1) is 0 Å². The van der Waals surface area contributed by atoms with Crippen molar-refractivity contribution in [2.24, 2.45) is 0 Å². The third-order valence-electron chi connectivity index (χ3n) is 2.17. The van der Waals surface area contributed by atoms with Crippen molar-refractivity contribution in [2.75, 3.05) is 17.2 Å². The highest BCUT2D eigenvalue weighted by Gasteiger charge is 2.19. The molecule has 0 spiro atoms. The van der Waals surface area contributed by atoms with Gasteiger partial charge in [-0.25, -0.2) is 17.2 Å². The molecule has 8 heteroatoms. The molecule has 92 valence electrons. The Bertz CT molecular complexity index is 456. The van der Waals surface area contributed by atoms with Gasteiger partial charge in [0.25, 0.3) is 6.43 Å². The Morgan fingerprint density at radius 1 is 1.56 bits per heavy atom. The zero-order valence-corrected chi connectivity index (χ0v) is 9.54. The maximum Gasteiger partial charge on any atom is 0.282 e. The molecule has 5 nitrogen and oxygen atoms in total. The maximum atomic E-state index is 12.5. The zero-order chi connectivity index (χ0) is 12.3. The number of halogens is 2. The molecule has 1 aromatic heterocycles. The molecular weight excluding hydrogens is 240 g/mol. The molecule has 0 aliphatic carbocycles. The first-order valence-electron chi connectivity index (χ1n) is 4.67. The second-order valence-corrected chi connectivity index (χ2v) is 5.72. The summed E-state index contributed by atoms with van der Waals surface area (Å²) in [6, 6.07) is 0. The highest BCUT2D eigenvalue weighted by Crippen LogP contribution is 2.24. The quantitative estimate of drug-likeness (QED) is 0.843. The summed E-state index contributed by atoms with van der Waals surface area (Å²) in [5.41, 5.74) is 4.76. The van der Waals surface area contributed by atoms with E-state index in [0.717, 1.165) is 10.9 Å². The lowest BCUT2D eigenvalue weighted by Gasteiger charge is -2.07. The van der Waals surface area contributed by atoms with Gasteiger partial charge in [-0.2, -0.15) is 5.10 Å². The number of aryl methyl sites for hydroxylation is 1. The maximum absolute atomic E-state index is 12.5. The molecular formula is C8H13F2N3O2S. The van der Waals surface area contributed by atoms with E-state index in [1.165, 1.54) is 6.92 Å². The molecule has 0 aliphatic rings. The monoisotopic (exact) mass is 253 g/mol. The summed E-state index contributed by atoms with van der Waals surface area (Å²) < 4.78 is 48.4. The van der Waals surface area contributed by atoms with Crippen LogP contribution in [0.5, 0.6) is 0 Å². The Hall–Kier alpha value is -1.18. The van der Waals surface area contributed by atoms with Gasteiger partial charge in [0.1, 0.15) is 5.69 Å². The van der Waals surface area contributed by atoms with E-state index in [1.54, 1.807) is 0 Å². The predicted octanol–water partition coefficient (Wildman–Crippen LogP) is 0.838. The third kappa shape index (κ3) is 2.91. The molecule has 0 bridgehead atoms. The molecule has 1 aromatic rings. The van der Waals surface area contributed by atoms with Gasteiger partial charge in [0, 0.05) is 5.75 Å². The van der Waals surface area contributed by atoms with E-state index in [1.807, 2.05) is 0 Å². The SMILES string of the molecule is CCS(=O)(=O)CCn1ncc(N)c1C(F)F. The van der Waals surface area contributed by atoms with Gasteiger partial charge >= 0.3 is 0 Å². The molecule has 0 saturated heterocycles. The lowest BCUT2D eigenvalue weighted by atomic mass is 10.4. The number of aromatic nitrogens is 2. The summed E-state index contributed by atoms with van der Waals surface area (Å²) in [4.78, 5) is 0.